The maximum absolute atomic E-state index is 2.25. The average molecular weight is 242 g/mol. The van der Waals surface area contributed by atoms with Gasteiger partial charge in [0.2, 0.25) is 0 Å². The van der Waals surface area contributed by atoms with Crippen LogP contribution < -0.4 is 0 Å². The highest BCUT2D eigenvalue weighted by molar-refractivity contribution is 8.79. The molecule has 0 amide bonds. The van der Waals surface area contributed by atoms with Gasteiger partial charge in [-0.2, -0.15) is 0 Å². The van der Waals surface area contributed by atoms with E-state index in [1.807, 2.05) is 28.6 Å². The molecule has 76 valence electrons. The lowest BCUT2D eigenvalue weighted by Crippen LogP contribution is -1.73. The van der Waals surface area contributed by atoms with Crippen LogP contribution in [-0.2, 0) is 0 Å². The van der Waals surface area contributed by atoms with Crippen molar-refractivity contribution in [3.05, 3.63) is 40.1 Å². The Morgan fingerprint density at radius 2 is 2.00 bits per heavy atom. The number of hydrogen-bond donors (Lipinski definition) is 0. The summed E-state index contributed by atoms with van der Waals surface area (Å²) in [6.07, 6.45) is 4.36. The molecule has 0 aliphatic rings. The summed E-state index contributed by atoms with van der Waals surface area (Å²) in [5.41, 5.74) is 1.28. The first kappa shape index (κ1) is 12.1. The molecule has 0 nitrogen and oxygen atoms in total. The summed E-state index contributed by atoms with van der Waals surface area (Å²) in [6, 6.07) is 10.5. The van der Waals surface area contributed by atoms with Crippen molar-refractivity contribution in [3.8, 4) is 0 Å². The minimum atomic E-state index is 1.13. The molecular weight excluding hydrogens is 228 g/mol. The van der Waals surface area contributed by atoms with E-state index < -0.39 is 0 Å². The van der Waals surface area contributed by atoms with E-state index in [1.54, 1.807) is 10.8 Å². The zero-order valence-electron chi connectivity index (χ0n) is 8.40. The second kappa shape index (κ2) is 7.32. The fraction of sp³-hybridized carbons (Fsp3) is 0.273. The fourth-order valence-electron chi connectivity index (χ4n) is 1.000. The van der Waals surface area contributed by atoms with Gasteiger partial charge in [0.05, 0.1) is 4.24 Å². The van der Waals surface area contributed by atoms with E-state index >= 15 is 0 Å². The van der Waals surface area contributed by atoms with Gasteiger partial charge in [-0.25, -0.2) is 0 Å². The van der Waals surface area contributed by atoms with Crippen molar-refractivity contribution in [2.24, 2.45) is 0 Å². The van der Waals surface area contributed by atoms with Gasteiger partial charge in [-0.15, -0.1) is 11.8 Å². The summed E-state index contributed by atoms with van der Waals surface area (Å²) in [5, 5.41) is 0. The molecule has 14 heavy (non-hydrogen) atoms. The van der Waals surface area contributed by atoms with E-state index in [0.29, 0.717) is 0 Å². The third kappa shape index (κ3) is 4.49. The topological polar surface area (TPSA) is 0 Å². The smallest absolute Gasteiger partial charge is 0.0516 e. The van der Waals surface area contributed by atoms with Crippen LogP contribution in [0.3, 0.4) is 0 Å². The Balaban J connectivity index is 2.71. The van der Waals surface area contributed by atoms with Crippen molar-refractivity contribution in [3.63, 3.8) is 0 Å². The Bertz CT molecular complexity index is 272. The quantitative estimate of drug-likeness (QED) is 0.684. The van der Waals surface area contributed by atoms with Crippen LogP contribution in [0.15, 0.2) is 34.6 Å². The predicted molar refractivity (Wildman–Crippen MR) is 73.7 cm³/mol. The van der Waals surface area contributed by atoms with Crippen LogP contribution in [0.5, 0.6) is 0 Å². The van der Waals surface area contributed by atoms with Crippen LogP contribution in [0.25, 0.3) is 6.08 Å². The molecule has 0 fully saturated rings. The number of benzene rings is 1. The maximum atomic E-state index is 2.25. The SMILES string of the molecule is CCS/C(=C/c1ccccc1)SSC. The third-order valence-electron chi connectivity index (χ3n) is 1.54. The van der Waals surface area contributed by atoms with Crippen LogP contribution in [0.4, 0.5) is 0 Å². The molecule has 0 heterocycles. The summed E-state index contributed by atoms with van der Waals surface area (Å²) < 4.78 is 1.38. The van der Waals surface area contributed by atoms with Gasteiger partial charge in [-0.3, -0.25) is 0 Å². The monoisotopic (exact) mass is 242 g/mol. The van der Waals surface area contributed by atoms with Crippen molar-refractivity contribution in [1.29, 1.82) is 0 Å². The largest absolute Gasteiger partial charge is 0.119 e. The van der Waals surface area contributed by atoms with Crippen molar-refractivity contribution in [1.82, 2.24) is 0 Å². The van der Waals surface area contributed by atoms with Gasteiger partial charge in [0, 0.05) is 0 Å². The molecule has 0 radical (unpaired) electrons. The van der Waals surface area contributed by atoms with Gasteiger partial charge < -0.3 is 0 Å². The average Bonchev–Trinajstić information content (AvgIpc) is 2.20. The normalized spacial score (nSPS) is 11.7. The molecule has 0 atom stereocenters. The highest BCUT2D eigenvalue weighted by atomic mass is 33.1. The van der Waals surface area contributed by atoms with Gasteiger partial charge in [-0.05, 0) is 23.6 Å². The van der Waals surface area contributed by atoms with Crippen LogP contribution >= 0.6 is 33.3 Å². The second-order valence-electron chi connectivity index (χ2n) is 2.56. The molecule has 1 aromatic carbocycles. The molecule has 1 aromatic rings. The third-order valence-corrected chi connectivity index (χ3v) is 4.63. The minimum absolute atomic E-state index is 1.13. The molecule has 0 aliphatic heterocycles. The van der Waals surface area contributed by atoms with Gasteiger partial charge in [0.25, 0.3) is 0 Å². The van der Waals surface area contributed by atoms with Crippen LogP contribution in [-0.4, -0.2) is 12.0 Å². The Kier molecular flexibility index (Phi) is 6.32. The van der Waals surface area contributed by atoms with E-state index in [1.165, 1.54) is 9.80 Å². The summed E-state index contributed by atoms with van der Waals surface area (Å²) >= 11 is 1.90. The predicted octanol–water partition coefficient (Wildman–Crippen LogP) is 4.75. The van der Waals surface area contributed by atoms with Gasteiger partial charge in [-0.1, -0.05) is 58.8 Å². The standard InChI is InChI=1S/C11H14S3/c1-3-13-11(14-12-2)9-10-7-5-4-6-8-10/h4-9H,3H2,1-2H3/b11-9-. The summed E-state index contributed by atoms with van der Waals surface area (Å²) in [5.74, 6) is 1.13. The fourth-order valence-corrected chi connectivity index (χ4v) is 4.08. The van der Waals surface area contributed by atoms with E-state index in [2.05, 4.69) is 43.5 Å². The molecular formula is C11H14S3. The second-order valence-corrected chi connectivity index (χ2v) is 6.56. The van der Waals surface area contributed by atoms with E-state index in [9.17, 15) is 0 Å². The summed E-state index contributed by atoms with van der Waals surface area (Å²) in [6.45, 7) is 2.18. The lowest BCUT2D eigenvalue weighted by Gasteiger charge is -2.02. The van der Waals surface area contributed by atoms with Crippen molar-refractivity contribution >= 4 is 39.4 Å². The Labute approximate surface area is 98.3 Å². The molecule has 0 spiro atoms. The van der Waals surface area contributed by atoms with E-state index in [0.717, 1.165) is 5.75 Å². The molecule has 0 bridgehead atoms. The Hall–Kier alpha value is 0.01000. The molecule has 0 unspecified atom stereocenters. The lowest BCUT2D eigenvalue weighted by atomic mass is 10.2. The van der Waals surface area contributed by atoms with Crippen molar-refractivity contribution < 1.29 is 0 Å². The lowest BCUT2D eigenvalue weighted by molar-refractivity contribution is 1.53. The molecule has 0 aliphatic carbocycles. The molecule has 0 N–H and O–H groups in total. The molecule has 0 saturated carbocycles. The van der Waals surface area contributed by atoms with Crippen molar-refractivity contribution in [2.45, 2.75) is 6.92 Å². The molecule has 3 heteroatoms. The summed E-state index contributed by atoms with van der Waals surface area (Å²) in [7, 11) is 3.63. The van der Waals surface area contributed by atoms with E-state index in [4.69, 9.17) is 0 Å². The first-order chi connectivity index (χ1) is 6.86. The van der Waals surface area contributed by atoms with Crippen molar-refractivity contribution in [2.75, 3.05) is 12.0 Å². The molecule has 0 saturated heterocycles. The van der Waals surface area contributed by atoms with Crippen LogP contribution in [0.1, 0.15) is 12.5 Å². The number of thioether (sulfide) groups is 1. The number of hydrogen-bond acceptors (Lipinski definition) is 3. The van der Waals surface area contributed by atoms with Crippen LogP contribution in [0, 0.1) is 0 Å². The maximum Gasteiger partial charge on any atom is 0.0516 e. The zero-order valence-corrected chi connectivity index (χ0v) is 10.8. The highest BCUT2D eigenvalue weighted by Gasteiger charge is 1.97. The highest BCUT2D eigenvalue weighted by Crippen LogP contribution is 2.37. The van der Waals surface area contributed by atoms with Gasteiger partial charge in [0.15, 0.2) is 0 Å². The first-order valence-electron chi connectivity index (χ1n) is 4.47. The number of rotatable bonds is 5. The van der Waals surface area contributed by atoms with Gasteiger partial charge in [0.1, 0.15) is 0 Å². The summed E-state index contributed by atoms with van der Waals surface area (Å²) in [4.78, 5) is 0. The Morgan fingerprint density at radius 1 is 1.29 bits per heavy atom. The Morgan fingerprint density at radius 3 is 2.57 bits per heavy atom. The van der Waals surface area contributed by atoms with E-state index in [-0.39, 0.29) is 0 Å². The first-order valence-corrected chi connectivity index (χ1v) is 8.01. The molecule has 0 aromatic heterocycles. The zero-order chi connectivity index (χ0) is 10.2. The molecule has 1 rings (SSSR count). The van der Waals surface area contributed by atoms with Crippen LogP contribution in [0.2, 0.25) is 0 Å². The minimum Gasteiger partial charge on any atom is -0.119 e. The van der Waals surface area contributed by atoms with Gasteiger partial charge >= 0.3 is 0 Å².